The summed E-state index contributed by atoms with van der Waals surface area (Å²) in [5.41, 5.74) is 9.72. The molecule has 268 valence electrons. The van der Waals surface area contributed by atoms with Crippen LogP contribution in [0.3, 0.4) is 0 Å². The molecule has 2 N–H and O–H groups in total. The fraction of sp³-hybridized carbons (Fsp3) is 0.674. The first-order valence-electron chi connectivity index (χ1n) is 18.5. The molecule has 1 aliphatic rings. The van der Waals surface area contributed by atoms with Crippen LogP contribution in [0.25, 0.3) is 0 Å². The highest BCUT2D eigenvalue weighted by Gasteiger charge is 2.13. The van der Waals surface area contributed by atoms with Crippen LogP contribution in [0.15, 0.2) is 85.1 Å². The van der Waals surface area contributed by atoms with Gasteiger partial charge >= 0.3 is 0 Å². The second-order valence-electron chi connectivity index (χ2n) is 8.28. The summed E-state index contributed by atoms with van der Waals surface area (Å²) in [6.45, 7) is 49.7. The number of hydrogen-bond acceptors (Lipinski definition) is 1. The molecular formula is C43H91N. The summed E-state index contributed by atoms with van der Waals surface area (Å²) in [6.07, 6.45) is 25.8. The van der Waals surface area contributed by atoms with Crippen molar-refractivity contribution in [2.75, 3.05) is 0 Å². The van der Waals surface area contributed by atoms with Crippen molar-refractivity contribution < 1.29 is 0 Å². The molecule has 1 aliphatic carbocycles. The number of allylic oxidation sites excluding steroid dienone is 11. The number of hydrogen-bond donors (Lipinski definition) is 1. The van der Waals surface area contributed by atoms with Crippen molar-refractivity contribution in [1.29, 1.82) is 0 Å². The zero-order valence-corrected chi connectivity index (χ0v) is 34.6. The molecule has 44 heavy (non-hydrogen) atoms. The van der Waals surface area contributed by atoms with Gasteiger partial charge in [0, 0.05) is 6.04 Å². The van der Waals surface area contributed by atoms with Crippen molar-refractivity contribution in [3.05, 3.63) is 85.1 Å². The number of unbranched alkanes of at least 4 members (excludes halogenated alkanes) is 1. The summed E-state index contributed by atoms with van der Waals surface area (Å²) in [4.78, 5) is 0. The summed E-state index contributed by atoms with van der Waals surface area (Å²) < 4.78 is 0. The van der Waals surface area contributed by atoms with Crippen LogP contribution in [0.5, 0.6) is 0 Å². The predicted molar refractivity (Wildman–Crippen MR) is 220 cm³/mol. The van der Waals surface area contributed by atoms with Gasteiger partial charge in [0.2, 0.25) is 0 Å². The van der Waals surface area contributed by atoms with Crippen LogP contribution in [0, 0.1) is 5.92 Å². The maximum Gasteiger partial charge on any atom is 0.00390 e. The first-order valence-corrected chi connectivity index (χ1v) is 18.5. The molecule has 0 unspecified atom stereocenters. The van der Waals surface area contributed by atoms with Crippen LogP contribution in [-0.2, 0) is 0 Å². The summed E-state index contributed by atoms with van der Waals surface area (Å²) in [7, 11) is 0. The van der Waals surface area contributed by atoms with E-state index < -0.39 is 0 Å². The van der Waals surface area contributed by atoms with Crippen molar-refractivity contribution in [3.63, 3.8) is 0 Å². The lowest BCUT2D eigenvalue weighted by molar-refractivity contribution is 0.348. The Morgan fingerprint density at radius 3 is 1.32 bits per heavy atom. The first-order chi connectivity index (χ1) is 21.3. The molecule has 0 aromatic carbocycles. The van der Waals surface area contributed by atoms with Crippen molar-refractivity contribution in [2.24, 2.45) is 11.7 Å². The minimum atomic E-state index is 0.520. The molecule has 1 rings (SSSR count). The Balaban J connectivity index is -0.0000000541. The van der Waals surface area contributed by atoms with E-state index in [1.807, 2.05) is 128 Å². The maximum absolute atomic E-state index is 5.70. The van der Waals surface area contributed by atoms with Gasteiger partial charge in [-0.1, -0.05) is 164 Å². The van der Waals surface area contributed by atoms with E-state index in [-0.39, 0.29) is 0 Å². The average Bonchev–Trinajstić information content (AvgIpc) is 3.10. The molecule has 1 saturated carbocycles. The molecule has 0 heterocycles. The van der Waals surface area contributed by atoms with Crippen molar-refractivity contribution >= 4 is 0 Å². The summed E-state index contributed by atoms with van der Waals surface area (Å²) in [5, 5.41) is 0. The Bertz CT molecular complexity index is 550. The van der Waals surface area contributed by atoms with Crippen molar-refractivity contribution in [2.45, 2.75) is 189 Å². The zero-order chi connectivity index (χ0) is 37.2. The monoisotopic (exact) mass is 622 g/mol. The molecule has 0 aliphatic heterocycles. The second kappa shape index (κ2) is 78.1. The largest absolute Gasteiger partial charge is 0.328 e. The summed E-state index contributed by atoms with van der Waals surface area (Å²) >= 11 is 0. The Labute approximate surface area is 285 Å². The van der Waals surface area contributed by atoms with E-state index in [4.69, 9.17) is 5.73 Å². The van der Waals surface area contributed by atoms with E-state index >= 15 is 0 Å². The van der Waals surface area contributed by atoms with E-state index in [2.05, 4.69) is 65.7 Å². The Morgan fingerprint density at radius 2 is 1.07 bits per heavy atom. The number of rotatable bonds is 8. The van der Waals surface area contributed by atoms with Gasteiger partial charge in [0.05, 0.1) is 0 Å². The van der Waals surface area contributed by atoms with Gasteiger partial charge < -0.3 is 5.73 Å². The fourth-order valence-electron chi connectivity index (χ4n) is 3.06. The predicted octanol–water partition coefficient (Wildman–Crippen LogP) is 16.2. The van der Waals surface area contributed by atoms with Gasteiger partial charge in [-0.15, -0.1) is 13.2 Å². The second-order valence-corrected chi connectivity index (χ2v) is 8.28. The third-order valence-electron chi connectivity index (χ3n) is 5.11. The van der Waals surface area contributed by atoms with Gasteiger partial charge in [0.15, 0.2) is 0 Å². The molecular weight excluding hydrogens is 530 g/mol. The standard InChI is InChI=1S/C17H26.C7H15N.C4H8.C3H6.6C2H6/c1-6-10-13-16(14-11-7-2)17(9-4)15(5)12-8-3;1-6-2-4-7(8)5-3-6;1-3-4-2;1-3-2;6*1-2/h6,8-10,14H,3-4,7,11-13H2,1-2,5H3;6-7H,2-5,8H2,1H3;3-4H,1-2H3;3H,1H2,2H3;6*1-2H3/b10-6-,16-14+,17-15+;;4-3+;;;;;;;. The van der Waals surface area contributed by atoms with Crippen molar-refractivity contribution in [3.8, 4) is 0 Å². The van der Waals surface area contributed by atoms with Gasteiger partial charge in [-0.3, -0.25) is 0 Å². The van der Waals surface area contributed by atoms with Crippen LogP contribution >= 0.6 is 0 Å². The van der Waals surface area contributed by atoms with E-state index in [1.54, 1.807) is 6.08 Å². The average molecular weight is 622 g/mol. The molecule has 0 radical (unpaired) electrons. The lowest BCUT2D eigenvalue weighted by Crippen LogP contribution is -2.25. The molecule has 0 aromatic rings. The van der Waals surface area contributed by atoms with Crippen molar-refractivity contribution in [1.82, 2.24) is 0 Å². The van der Waals surface area contributed by atoms with Crippen LogP contribution < -0.4 is 5.73 Å². The van der Waals surface area contributed by atoms with Gasteiger partial charge in [0.1, 0.15) is 0 Å². The van der Waals surface area contributed by atoms with Crippen LogP contribution in [0.1, 0.15) is 183 Å². The van der Waals surface area contributed by atoms with Gasteiger partial charge in [-0.05, 0) is 96.6 Å². The van der Waals surface area contributed by atoms with Gasteiger partial charge in [-0.25, -0.2) is 0 Å². The third kappa shape index (κ3) is 67.7. The highest BCUT2D eigenvalue weighted by molar-refractivity contribution is 5.43. The lowest BCUT2D eigenvalue weighted by atomic mass is 9.88. The molecule has 0 aromatic heterocycles. The zero-order valence-electron chi connectivity index (χ0n) is 34.6. The smallest absolute Gasteiger partial charge is 0.00390 e. The molecule has 1 nitrogen and oxygen atoms in total. The van der Waals surface area contributed by atoms with E-state index in [0.717, 1.165) is 25.2 Å². The summed E-state index contributed by atoms with van der Waals surface area (Å²) in [6, 6.07) is 0.520. The first kappa shape index (κ1) is 64.9. The fourth-order valence-corrected chi connectivity index (χ4v) is 3.06. The van der Waals surface area contributed by atoms with Gasteiger partial charge in [0.25, 0.3) is 0 Å². The van der Waals surface area contributed by atoms with E-state index in [1.165, 1.54) is 48.8 Å². The molecule has 1 heteroatoms. The maximum atomic E-state index is 5.70. The van der Waals surface area contributed by atoms with E-state index in [9.17, 15) is 0 Å². The Morgan fingerprint density at radius 1 is 0.682 bits per heavy atom. The number of nitrogens with two attached hydrogens (primary N) is 1. The van der Waals surface area contributed by atoms with Crippen LogP contribution in [0.4, 0.5) is 0 Å². The topological polar surface area (TPSA) is 26.0 Å². The van der Waals surface area contributed by atoms with E-state index in [0.29, 0.717) is 6.04 Å². The van der Waals surface area contributed by atoms with Crippen LogP contribution in [-0.4, -0.2) is 6.04 Å². The van der Waals surface area contributed by atoms with Gasteiger partial charge in [-0.2, -0.15) is 0 Å². The third-order valence-corrected chi connectivity index (χ3v) is 5.11. The SMILES string of the molecule is C/C=C/C.C=CC.C=CC/C(C)=C(C=C)/C(=C/CCC)C/C=C\C.CC.CC.CC.CC.CC.CC.CC1CCC(N)CC1. The quantitative estimate of drug-likeness (QED) is 0.212. The normalized spacial score (nSPS) is 14.5. The lowest BCUT2D eigenvalue weighted by Gasteiger charge is -2.22. The molecule has 0 spiro atoms. The molecule has 1 fully saturated rings. The molecule has 0 saturated heterocycles. The Kier molecular flexibility index (Phi) is 115. The minimum absolute atomic E-state index is 0.520. The van der Waals surface area contributed by atoms with Crippen LogP contribution in [0.2, 0.25) is 0 Å². The minimum Gasteiger partial charge on any atom is -0.328 e. The molecule has 0 amide bonds. The highest BCUT2D eigenvalue weighted by Crippen LogP contribution is 2.23. The molecule has 0 atom stereocenters. The summed E-state index contributed by atoms with van der Waals surface area (Å²) in [5.74, 6) is 0.940. The highest BCUT2D eigenvalue weighted by atomic mass is 14.6. The molecule has 0 bridgehead atoms. The Hall–Kier alpha value is -1.86.